The molecule has 5 heteroatoms. The first kappa shape index (κ1) is 19.2. The van der Waals surface area contributed by atoms with Crippen molar-refractivity contribution in [2.45, 2.75) is 38.6 Å². The molecule has 0 aromatic heterocycles. The predicted molar refractivity (Wildman–Crippen MR) is 102 cm³/mol. The highest BCUT2D eigenvalue weighted by atomic mass is 16.5. The summed E-state index contributed by atoms with van der Waals surface area (Å²) in [6, 6.07) is 10.4. The molecule has 3 rings (SSSR count). The van der Waals surface area contributed by atoms with Crippen LogP contribution in [0.3, 0.4) is 0 Å². The van der Waals surface area contributed by atoms with Crippen molar-refractivity contribution in [3.63, 3.8) is 0 Å². The van der Waals surface area contributed by atoms with Gasteiger partial charge in [-0.15, -0.1) is 0 Å². The van der Waals surface area contributed by atoms with E-state index in [4.69, 9.17) is 9.47 Å². The molecule has 0 aliphatic carbocycles. The van der Waals surface area contributed by atoms with Crippen molar-refractivity contribution in [2.24, 2.45) is 5.92 Å². The van der Waals surface area contributed by atoms with Gasteiger partial charge in [0, 0.05) is 25.6 Å². The lowest BCUT2D eigenvalue weighted by atomic mass is 9.91. The first-order valence-electron chi connectivity index (χ1n) is 10.00. The maximum absolute atomic E-state index is 12.3. The highest BCUT2D eigenvalue weighted by molar-refractivity contribution is 5.76. The van der Waals surface area contributed by atoms with Gasteiger partial charge >= 0.3 is 0 Å². The van der Waals surface area contributed by atoms with Crippen molar-refractivity contribution in [3.05, 3.63) is 30.3 Å². The third kappa shape index (κ3) is 5.71. The highest BCUT2D eigenvalue weighted by Crippen LogP contribution is 2.24. The van der Waals surface area contributed by atoms with E-state index in [1.807, 2.05) is 35.2 Å². The van der Waals surface area contributed by atoms with E-state index in [0.29, 0.717) is 37.5 Å². The average Bonchev–Trinajstić information content (AvgIpc) is 2.72. The number of morpholine rings is 1. The van der Waals surface area contributed by atoms with Gasteiger partial charge in [0.05, 0.1) is 13.2 Å². The van der Waals surface area contributed by atoms with Gasteiger partial charge in [-0.05, 0) is 57.3 Å². The zero-order valence-electron chi connectivity index (χ0n) is 15.9. The van der Waals surface area contributed by atoms with Crippen molar-refractivity contribution in [2.75, 3.05) is 46.0 Å². The van der Waals surface area contributed by atoms with Crippen molar-refractivity contribution in [3.8, 4) is 5.75 Å². The number of para-hydroxylation sites is 1. The fourth-order valence-electron chi connectivity index (χ4n) is 3.82. The molecule has 1 aromatic carbocycles. The molecule has 0 bridgehead atoms. The number of nitrogens with zero attached hydrogens (tertiary/aromatic N) is 2. The zero-order chi connectivity index (χ0) is 18.2. The second kappa shape index (κ2) is 9.93. The van der Waals surface area contributed by atoms with Gasteiger partial charge in [-0.2, -0.15) is 0 Å². The molecular weight excluding hydrogens is 328 g/mol. The van der Waals surface area contributed by atoms with E-state index in [1.165, 1.54) is 12.8 Å². The van der Waals surface area contributed by atoms with E-state index in [0.717, 1.165) is 45.0 Å². The number of hydrogen-bond acceptors (Lipinski definition) is 4. The Morgan fingerprint density at radius 3 is 2.54 bits per heavy atom. The Hall–Kier alpha value is -1.59. The first-order valence-corrected chi connectivity index (χ1v) is 10.00. The number of benzene rings is 1. The highest BCUT2D eigenvalue weighted by Gasteiger charge is 2.24. The minimum atomic E-state index is 0.306. The van der Waals surface area contributed by atoms with Crippen LogP contribution in [0.25, 0.3) is 0 Å². The van der Waals surface area contributed by atoms with E-state index >= 15 is 0 Å². The minimum Gasteiger partial charge on any atom is -0.492 e. The normalized spacial score (nSPS) is 20.7. The van der Waals surface area contributed by atoms with Crippen LogP contribution in [0.4, 0.5) is 0 Å². The topological polar surface area (TPSA) is 42.0 Å². The fourth-order valence-corrected chi connectivity index (χ4v) is 3.82. The summed E-state index contributed by atoms with van der Waals surface area (Å²) >= 11 is 0. The number of hydrogen-bond donors (Lipinski definition) is 0. The van der Waals surface area contributed by atoms with Crippen LogP contribution < -0.4 is 4.74 Å². The molecule has 2 aliphatic rings. The van der Waals surface area contributed by atoms with Crippen molar-refractivity contribution in [1.82, 2.24) is 9.80 Å². The molecule has 0 spiro atoms. The Morgan fingerprint density at radius 2 is 1.85 bits per heavy atom. The Morgan fingerprint density at radius 1 is 1.15 bits per heavy atom. The summed E-state index contributed by atoms with van der Waals surface area (Å²) in [5, 5.41) is 0. The number of ether oxygens (including phenoxy) is 2. The van der Waals surface area contributed by atoms with Crippen LogP contribution in [0.15, 0.2) is 30.3 Å². The second-order valence-electron chi connectivity index (χ2n) is 7.48. The van der Waals surface area contributed by atoms with Gasteiger partial charge < -0.3 is 14.4 Å². The fraction of sp³-hybridized carbons (Fsp3) is 0.667. The largest absolute Gasteiger partial charge is 0.492 e. The van der Waals surface area contributed by atoms with Crippen molar-refractivity contribution >= 4 is 5.91 Å². The molecule has 5 nitrogen and oxygen atoms in total. The molecule has 1 amide bonds. The molecule has 1 atom stereocenters. The van der Waals surface area contributed by atoms with Crippen LogP contribution >= 0.6 is 0 Å². The summed E-state index contributed by atoms with van der Waals surface area (Å²) in [6.45, 7) is 8.08. The van der Waals surface area contributed by atoms with Crippen LogP contribution in [0, 0.1) is 5.92 Å². The molecule has 0 saturated carbocycles. The third-order valence-electron chi connectivity index (χ3n) is 5.64. The van der Waals surface area contributed by atoms with Gasteiger partial charge in [-0.25, -0.2) is 0 Å². The van der Waals surface area contributed by atoms with Gasteiger partial charge in [-0.3, -0.25) is 9.69 Å². The molecule has 0 N–H and O–H groups in total. The van der Waals surface area contributed by atoms with Crippen LogP contribution in [0.1, 0.15) is 32.6 Å². The Bertz CT molecular complexity index is 537. The number of amides is 1. The molecule has 2 aliphatic heterocycles. The molecule has 1 aromatic rings. The maximum Gasteiger partial charge on any atom is 0.222 e. The molecule has 0 radical (unpaired) electrons. The molecule has 0 unspecified atom stereocenters. The van der Waals surface area contributed by atoms with Gasteiger partial charge in [0.15, 0.2) is 0 Å². The van der Waals surface area contributed by atoms with E-state index in [2.05, 4.69) is 11.8 Å². The number of carbonyl (C=O) groups is 1. The van der Waals surface area contributed by atoms with E-state index in [-0.39, 0.29) is 0 Å². The minimum absolute atomic E-state index is 0.306. The van der Waals surface area contributed by atoms with Gasteiger partial charge in [0.25, 0.3) is 0 Å². The lowest BCUT2D eigenvalue weighted by molar-refractivity contribution is -0.135. The van der Waals surface area contributed by atoms with Crippen LogP contribution in [0.5, 0.6) is 5.75 Å². The van der Waals surface area contributed by atoms with Gasteiger partial charge in [0.1, 0.15) is 12.4 Å². The SMILES string of the molecule is C[C@@H](COc1ccccc1)N1CCC(CCC(=O)N2CCOCC2)CC1. The number of carbonyl (C=O) groups excluding carboxylic acids is 1. The van der Waals surface area contributed by atoms with Crippen LogP contribution in [-0.4, -0.2) is 67.7 Å². The predicted octanol–water partition coefficient (Wildman–Crippen LogP) is 2.80. The van der Waals surface area contributed by atoms with E-state index < -0.39 is 0 Å². The Balaban J connectivity index is 1.32. The summed E-state index contributed by atoms with van der Waals surface area (Å²) in [5.74, 6) is 1.93. The Kier molecular flexibility index (Phi) is 7.32. The van der Waals surface area contributed by atoms with Crippen molar-refractivity contribution < 1.29 is 14.3 Å². The summed E-state index contributed by atoms with van der Waals surface area (Å²) in [5.41, 5.74) is 0. The summed E-state index contributed by atoms with van der Waals surface area (Å²) < 4.78 is 11.2. The quantitative estimate of drug-likeness (QED) is 0.750. The van der Waals surface area contributed by atoms with Crippen molar-refractivity contribution in [1.29, 1.82) is 0 Å². The number of likely N-dealkylation sites (tertiary alicyclic amines) is 1. The smallest absolute Gasteiger partial charge is 0.222 e. The summed E-state index contributed by atoms with van der Waals surface area (Å²) in [4.78, 5) is 16.8. The average molecular weight is 360 g/mol. The van der Waals surface area contributed by atoms with Crippen LogP contribution in [-0.2, 0) is 9.53 Å². The summed E-state index contributed by atoms with van der Waals surface area (Å²) in [7, 11) is 0. The lowest BCUT2D eigenvalue weighted by Gasteiger charge is -2.36. The molecule has 144 valence electrons. The Labute approximate surface area is 157 Å². The van der Waals surface area contributed by atoms with Gasteiger partial charge in [0.2, 0.25) is 5.91 Å². The molecule has 26 heavy (non-hydrogen) atoms. The molecule has 2 saturated heterocycles. The van der Waals surface area contributed by atoms with Gasteiger partial charge in [-0.1, -0.05) is 18.2 Å². The molecule has 2 heterocycles. The second-order valence-corrected chi connectivity index (χ2v) is 7.48. The third-order valence-corrected chi connectivity index (χ3v) is 5.64. The standard InChI is InChI=1S/C21H32N2O3/c1-18(17-26-20-5-3-2-4-6-20)22-11-9-19(10-12-22)7-8-21(24)23-13-15-25-16-14-23/h2-6,18-19H,7-17H2,1H3/t18-/m0/s1. The number of piperidine rings is 1. The maximum atomic E-state index is 12.3. The van der Waals surface area contributed by atoms with E-state index in [1.54, 1.807) is 0 Å². The van der Waals surface area contributed by atoms with E-state index in [9.17, 15) is 4.79 Å². The number of rotatable bonds is 7. The first-order chi connectivity index (χ1) is 12.7. The summed E-state index contributed by atoms with van der Waals surface area (Å²) in [6.07, 6.45) is 4.09. The molecule has 2 fully saturated rings. The lowest BCUT2D eigenvalue weighted by Crippen LogP contribution is -2.43. The molecular formula is C21H32N2O3. The van der Waals surface area contributed by atoms with Crippen LogP contribution in [0.2, 0.25) is 0 Å². The monoisotopic (exact) mass is 360 g/mol. The zero-order valence-corrected chi connectivity index (χ0v) is 15.9.